The van der Waals surface area contributed by atoms with Crippen LogP contribution in [0.5, 0.6) is 0 Å². The average Bonchev–Trinajstić information content (AvgIpc) is 2.04. The summed E-state index contributed by atoms with van der Waals surface area (Å²) < 4.78 is 0. The molecule has 1 aromatic carbocycles. The highest BCUT2D eigenvalue weighted by Gasteiger charge is 2.15. The molecule has 0 atom stereocenters. The molecule has 64 valence electrons. The van der Waals surface area contributed by atoms with Gasteiger partial charge in [0, 0.05) is 6.07 Å². The summed E-state index contributed by atoms with van der Waals surface area (Å²) in [7, 11) is 5.23. The average molecular weight is 178 g/mol. The molecule has 1 aromatic rings. The number of rotatable bonds is 2. The van der Waals surface area contributed by atoms with Crippen molar-refractivity contribution < 1.29 is 9.85 Å². The minimum absolute atomic E-state index is 0.0874. The third-order valence-electron chi connectivity index (χ3n) is 1.42. The number of nitrogens with zero attached hydrogens (tertiary/aromatic N) is 2. The number of nitro benzene ring substituents is 2. The van der Waals surface area contributed by atoms with Crippen molar-refractivity contribution in [2.24, 2.45) is 0 Å². The maximum absolute atomic E-state index is 10.3. The van der Waals surface area contributed by atoms with Gasteiger partial charge in [-0.15, -0.1) is 0 Å². The maximum Gasteiger partial charge on any atom is 0.276 e. The SMILES string of the molecule is [B]c1ccc([N+](=O)[O-])cc1[N+](=O)[O-]. The van der Waals surface area contributed by atoms with Crippen LogP contribution in [0.15, 0.2) is 18.2 Å². The van der Waals surface area contributed by atoms with Gasteiger partial charge in [-0.2, -0.15) is 0 Å². The molecule has 0 fully saturated rings. The van der Waals surface area contributed by atoms with E-state index in [-0.39, 0.29) is 11.2 Å². The molecule has 6 nitrogen and oxygen atoms in total. The predicted molar refractivity (Wildman–Crippen MR) is 45.1 cm³/mol. The summed E-state index contributed by atoms with van der Waals surface area (Å²) in [5.41, 5.74) is -0.884. The van der Waals surface area contributed by atoms with E-state index in [2.05, 4.69) is 0 Å². The molecule has 0 spiro atoms. The molecule has 0 heterocycles. The summed E-state index contributed by atoms with van der Waals surface area (Å²) >= 11 is 0. The lowest BCUT2D eigenvalue weighted by molar-refractivity contribution is -0.393. The Labute approximate surface area is 73.9 Å². The molecular formula is C6H3BN2O4. The van der Waals surface area contributed by atoms with E-state index in [0.29, 0.717) is 0 Å². The zero-order valence-electron chi connectivity index (χ0n) is 6.34. The molecule has 0 N–H and O–H groups in total. The normalized spacial score (nSPS) is 9.54. The maximum atomic E-state index is 10.3. The Morgan fingerprint density at radius 1 is 1.15 bits per heavy atom. The van der Waals surface area contributed by atoms with Gasteiger partial charge in [0.25, 0.3) is 11.4 Å². The van der Waals surface area contributed by atoms with Crippen LogP contribution < -0.4 is 5.46 Å². The first-order chi connectivity index (χ1) is 6.02. The van der Waals surface area contributed by atoms with Crippen LogP contribution in [0.4, 0.5) is 11.4 Å². The molecular weight excluding hydrogens is 175 g/mol. The van der Waals surface area contributed by atoms with E-state index in [0.717, 1.165) is 18.2 Å². The third-order valence-corrected chi connectivity index (χ3v) is 1.42. The molecule has 13 heavy (non-hydrogen) atoms. The quantitative estimate of drug-likeness (QED) is 0.370. The summed E-state index contributed by atoms with van der Waals surface area (Å²) in [5.74, 6) is 0. The first-order valence-electron chi connectivity index (χ1n) is 3.20. The molecule has 7 heteroatoms. The van der Waals surface area contributed by atoms with E-state index in [1.807, 2.05) is 0 Å². The number of benzene rings is 1. The van der Waals surface area contributed by atoms with Crippen LogP contribution in [0.25, 0.3) is 0 Å². The van der Waals surface area contributed by atoms with Gasteiger partial charge in [-0.3, -0.25) is 20.2 Å². The van der Waals surface area contributed by atoms with Gasteiger partial charge >= 0.3 is 0 Å². The van der Waals surface area contributed by atoms with E-state index in [1.54, 1.807) is 0 Å². The monoisotopic (exact) mass is 178 g/mol. The zero-order chi connectivity index (χ0) is 10.0. The van der Waals surface area contributed by atoms with Crippen molar-refractivity contribution in [3.8, 4) is 0 Å². The summed E-state index contributed by atoms with van der Waals surface area (Å²) in [4.78, 5) is 19.1. The topological polar surface area (TPSA) is 86.3 Å². The molecule has 0 aliphatic rings. The van der Waals surface area contributed by atoms with Gasteiger partial charge in [-0.25, -0.2) is 0 Å². The van der Waals surface area contributed by atoms with Crippen LogP contribution in [0, 0.1) is 20.2 Å². The zero-order valence-corrected chi connectivity index (χ0v) is 6.34. The molecule has 0 unspecified atom stereocenters. The molecule has 0 saturated carbocycles. The second kappa shape index (κ2) is 3.22. The van der Waals surface area contributed by atoms with E-state index in [9.17, 15) is 20.2 Å². The van der Waals surface area contributed by atoms with Crippen LogP contribution in [0.3, 0.4) is 0 Å². The predicted octanol–water partition coefficient (Wildman–Crippen LogP) is 0.297. The summed E-state index contributed by atoms with van der Waals surface area (Å²) in [6.07, 6.45) is 0. The van der Waals surface area contributed by atoms with Crippen molar-refractivity contribution in [2.45, 2.75) is 0 Å². The van der Waals surface area contributed by atoms with Crippen LogP contribution >= 0.6 is 0 Å². The van der Waals surface area contributed by atoms with Gasteiger partial charge in [0.15, 0.2) is 0 Å². The Hall–Kier alpha value is -1.92. The van der Waals surface area contributed by atoms with Crippen LogP contribution in [0.2, 0.25) is 0 Å². The van der Waals surface area contributed by atoms with E-state index in [4.69, 9.17) is 7.85 Å². The first kappa shape index (κ1) is 9.18. The van der Waals surface area contributed by atoms with Gasteiger partial charge in [0.1, 0.15) is 7.85 Å². The van der Waals surface area contributed by atoms with Gasteiger partial charge in [0.05, 0.1) is 15.9 Å². The summed E-state index contributed by atoms with van der Waals surface area (Å²) in [5, 5.41) is 20.5. The van der Waals surface area contributed by atoms with Crippen LogP contribution in [-0.2, 0) is 0 Å². The Bertz CT molecular complexity index is 379. The van der Waals surface area contributed by atoms with E-state index in [1.165, 1.54) is 0 Å². The third kappa shape index (κ3) is 1.81. The molecule has 0 aliphatic carbocycles. The lowest BCUT2D eigenvalue weighted by Crippen LogP contribution is -2.09. The lowest BCUT2D eigenvalue weighted by atomic mass is 9.94. The fourth-order valence-corrected chi connectivity index (χ4v) is 0.804. The molecule has 2 radical (unpaired) electrons. The molecule has 0 saturated heterocycles. The van der Waals surface area contributed by atoms with Crippen molar-refractivity contribution in [2.75, 3.05) is 0 Å². The molecule has 0 aliphatic heterocycles. The fraction of sp³-hybridized carbons (Fsp3) is 0. The van der Waals surface area contributed by atoms with Crippen molar-refractivity contribution in [3.05, 3.63) is 38.4 Å². The minimum atomic E-state index is -0.762. The molecule has 0 bridgehead atoms. The van der Waals surface area contributed by atoms with Crippen molar-refractivity contribution >= 4 is 24.7 Å². The fourth-order valence-electron chi connectivity index (χ4n) is 0.804. The second-order valence-electron chi connectivity index (χ2n) is 2.26. The standard InChI is InChI=1S/C6H3BN2O4/c7-5-2-1-4(8(10)11)3-6(5)9(12)13/h1-3H. The number of hydrogen-bond acceptors (Lipinski definition) is 4. The van der Waals surface area contributed by atoms with E-state index >= 15 is 0 Å². The van der Waals surface area contributed by atoms with Gasteiger partial charge in [-0.1, -0.05) is 6.07 Å². The van der Waals surface area contributed by atoms with Gasteiger partial charge in [0.2, 0.25) is 0 Å². The van der Waals surface area contributed by atoms with Crippen molar-refractivity contribution in [3.63, 3.8) is 0 Å². The summed E-state index contributed by atoms with van der Waals surface area (Å²) in [6.45, 7) is 0. The first-order valence-corrected chi connectivity index (χ1v) is 3.20. The van der Waals surface area contributed by atoms with Crippen LogP contribution in [-0.4, -0.2) is 17.7 Å². The molecule has 0 amide bonds. The largest absolute Gasteiger partial charge is 0.276 e. The lowest BCUT2D eigenvalue weighted by Gasteiger charge is -1.96. The Morgan fingerprint density at radius 2 is 1.77 bits per heavy atom. The number of non-ortho nitro benzene ring substituents is 1. The Balaban J connectivity index is 3.27. The Morgan fingerprint density at radius 3 is 2.23 bits per heavy atom. The molecule has 1 rings (SSSR count). The summed E-state index contributed by atoms with van der Waals surface area (Å²) in [6, 6.07) is 3.08. The highest BCUT2D eigenvalue weighted by Crippen LogP contribution is 2.16. The van der Waals surface area contributed by atoms with Crippen molar-refractivity contribution in [1.29, 1.82) is 0 Å². The van der Waals surface area contributed by atoms with Crippen LogP contribution in [0.1, 0.15) is 0 Å². The highest BCUT2D eigenvalue weighted by atomic mass is 16.6. The Kier molecular flexibility index (Phi) is 2.27. The second-order valence-corrected chi connectivity index (χ2v) is 2.26. The highest BCUT2D eigenvalue weighted by molar-refractivity contribution is 6.35. The minimum Gasteiger partial charge on any atom is -0.258 e. The van der Waals surface area contributed by atoms with E-state index < -0.39 is 15.5 Å². The molecule has 0 aromatic heterocycles. The smallest absolute Gasteiger partial charge is 0.258 e. The number of nitro groups is 2. The van der Waals surface area contributed by atoms with Crippen molar-refractivity contribution in [1.82, 2.24) is 0 Å². The van der Waals surface area contributed by atoms with Gasteiger partial charge < -0.3 is 0 Å². The van der Waals surface area contributed by atoms with Gasteiger partial charge in [-0.05, 0) is 5.46 Å². The number of hydrogen-bond donors (Lipinski definition) is 0.